The molecule has 10 nitrogen and oxygen atoms in total. The van der Waals surface area contributed by atoms with E-state index in [1.54, 1.807) is 20.3 Å². The summed E-state index contributed by atoms with van der Waals surface area (Å²) in [6.45, 7) is 0.296. The molecule has 29 heavy (non-hydrogen) atoms. The number of rotatable bonds is 7. The zero-order valence-corrected chi connectivity index (χ0v) is 16.8. The van der Waals surface area contributed by atoms with Crippen LogP contribution in [0.25, 0.3) is 11.2 Å². The van der Waals surface area contributed by atoms with Gasteiger partial charge in [-0.3, -0.25) is 18.7 Å². The van der Waals surface area contributed by atoms with Gasteiger partial charge < -0.3 is 19.4 Å². The topological polar surface area (TPSA) is 109 Å². The molecule has 2 heterocycles. The fraction of sp³-hybridized carbons (Fsp3) is 0.368. The first-order valence-corrected chi connectivity index (χ1v) is 8.95. The Balaban J connectivity index is 1.71. The quantitative estimate of drug-likeness (QED) is 0.588. The maximum atomic E-state index is 12.4. The van der Waals surface area contributed by atoms with Crippen LogP contribution in [0.4, 0.5) is 0 Å². The maximum Gasteiger partial charge on any atom is 0.332 e. The molecule has 1 aromatic carbocycles. The molecule has 0 bridgehead atoms. The molecule has 154 valence electrons. The molecule has 0 saturated carbocycles. The summed E-state index contributed by atoms with van der Waals surface area (Å²) in [6, 6.07) is 5.48. The molecule has 1 N–H and O–H groups in total. The molecule has 3 aromatic rings. The van der Waals surface area contributed by atoms with E-state index in [0.717, 1.165) is 10.1 Å². The number of carbonyl (C=O) groups excluding carboxylic acids is 1. The van der Waals surface area contributed by atoms with E-state index < -0.39 is 11.2 Å². The number of nitrogens with zero attached hydrogens (tertiary/aromatic N) is 4. The van der Waals surface area contributed by atoms with E-state index in [1.807, 2.05) is 12.1 Å². The van der Waals surface area contributed by atoms with Gasteiger partial charge in [0.25, 0.3) is 5.56 Å². The lowest BCUT2D eigenvalue weighted by Crippen LogP contribution is -2.38. The van der Waals surface area contributed by atoms with Crippen molar-refractivity contribution < 1.29 is 14.3 Å². The van der Waals surface area contributed by atoms with Crippen LogP contribution < -0.4 is 26.0 Å². The van der Waals surface area contributed by atoms with Gasteiger partial charge in [0.1, 0.15) is 18.0 Å². The van der Waals surface area contributed by atoms with Crippen molar-refractivity contribution in [1.29, 1.82) is 0 Å². The molecule has 1 amide bonds. The Morgan fingerprint density at radius 2 is 1.90 bits per heavy atom. The Labute approximate surface area is 166 Å². The van der Waals surface area contributed by atoms with Crippen LogP contribution in [0.15, 0.2) is 34.1 Å². The number of aryl methyl sites for hydroxylation is 1. The number of ether oxygens (including phenoxy) is 2. The van der Waals surface area contributed by atoms with Crippen LogP contribution in [0.3, 0.4) is 0 Å². The molecule has 0 aliphatic carbocycles. The van der Waals surface area contributed by atoms with Crippen LogP contribution in [0.1, 0.15) is 5.56 Å². The number of aromatic nitrogens is 4. The van der Waals surface area contributed by atoms with Crippen LogP contribution in [-0.2, 0) is 31.9 Å². The van der Waals surface area contributed by atoms with Crippen molar-refractivity contribution >= 4 is 17.1 Å². The number of hydrogen-bond donors (Lipinski definition) is 1. The zero-order valence-electron chi connectivity index (χ0n) is 16.8. The lowest BCUT2D eigenvalue weighted by molar-refractivity contribution is -0.121. The fourth-order valence-electron chi connectivity index (χ4n) is 3.14. The Hall–Kier alpha value is -3.56. The molecule has 0 fully saturated rings. The Morgan fingerprint density at radius 1 is 1.14 bits per heavy atom. The van der Waals surface area contributed by atoms with Crippen LogP contribution in [-0.4, -0.2) is 45.4 Å². The lowest BCUT2D eigenvalue weighted by atomic mass is 10.1. The van der Waals surface area contributed by atoms with E-state index in [9.17, 15) is 14.4 Å². The fourth-order valence-corrected chi connectivity index (χ4v) is 3.14. The molecule has 3 rings (SSSR count). The number of benzene rings is 1. The van der Waals surface area contributed by atoms with Crippen LogP contribution in [0, 0.1) is 0 Å². The summed E-state index contributed by atoms with van der Waals surface area (Å²) in [5.41, 5.74) is 0.397. The summed E-state index contributed by atoms with van der Waals surface area (Å²) < 4.78 is 14.3. The third-order valence-electron chi connectivity index (χ3n) is 4.74. The highest BCUT2D eigenvalue weighted by Crippen LogP contribution is 2.24. The third-order valence-corrected chi connectivity index (χ3v) is 4.74. The van der Waals surface area contributed by atoms with E-state index in [-0.39, 0.29) is 23.6 Å². The largest absolute Gasteiger partial charge is 0.497 e. The van der Waals surface area contributed by atoms with Crippen LogP contribution in [0.5, 0.6) is 11.5 Å². The molecule has 2 aromatic heterocycles. The highest BCUT2D eigenvalue weighted by atomic mass is 16.5. The smallest absolute Gasteiger partial charge is 0.332 e. The minimum absolute atomic E-state index is 0.0841. The van der Waals surface area contributed by atoms with E-state index in [0.29, 0.717) is 24.5 Å². The molecule has 0 aliphatic rings. The molecule has 0 radical (unpaired) electrons. The van der Waals surface area contributed by atoms with Gasteiger partial charge in [0.15, 0.2) is 11.2 Å². The molecular formula is C19H23N5O5. The van der Waals surface area contributed by atoms with Crippen LogP contribution in [0.2, 0.25) is 0 Å². The van der Waals surface area contributed by atoms with Crippen molar-refractivity contribution in [1.82, 2.24) is 24.0 Å². The molecule has 0 spiro atoms. The average Bonchev–Trinajstić information content (AvgIpc) is 3.14. The van der Waals surface area contributed by atoms with E-state index in [1.165, 1.54) is 29.6 Å². The number of fused-ring (bicyclic) bond motifs is 1. The van der Waals surface area contributed by atoms with Gasteiger partial charge in [-0.25, -0.2) is 9.78 Å². The Bertz CT molecular complexity index is 1170. The van der Waals surface area contributed by atoms with Gasteiger partial charge in [0.05, 0.1) is 20.5 Å². The first kappa shape index (κ1) is 20.2. The van der Waals surface area contributed by atoms with Gasteiger partial charge in [-0.15, -0.1) is 0 Å². The second-order valence-electron chi connectivity index (χ2n) is 6.53. The number of hydrogen-bond acceptors (Lipinski definition) is 6. The van der Waals surface area contributed by atoms with Gasteiger partial charge in [-0.05, 0) is 30.2 Å². The maximum absolute atomic E-state index is 12.4. The monoisotopic (exact) mass is 401 g/mol. The highest BCUT2D eigenvalue weighted by Gasteiger charge is 2.16. The number of methoxy groups -OCH3 is 2. The summed E-state index contributed by atoms with van der Waals surface area (Å²) in [7, 11) is 6.09. The normalized spacial score (nSPS) is 10.9. The predicted octanol–water partition coefficient (Wildman–Crippen LogP) is -0.190. The average molecular weight is 401 g/mol. The van der Waals surface area contributed by atoms with Crippen molar-refractivity contribution in [3.8, 4) is 11.5 Å². The summed E-state index contributed by atoms with van der Waals surface area (Å²) in [4.78, 5) is 40.9. The second kappa shape index (κ2) is 8.21. The van der Waals surface area contributed by atoms with E-state index >= 15 is 0 Å². The molecular weight excluding hydrogens is 378 g/mol. The molecule has 0 aliphatic heterocycles. The van der Waals surface area contributed by atoms with E-state index in [2.05, 4.69) is 10.3 Å². The van der Waals surface area contributed by atoms with Crippen molar-refractivity contribution in [2.75, 3.05) is 20.8 Å². The van der Waals surface area contributed by atoms with Crippen molar-refractivity contribution in [2.24, 2.45) is 14.1 Å². The van der Waals surface area contributed by atoms with Crippen molar-refractivity contribution in [2.45, 2.75) is 13.0 Å². The summed E-state index contributed by atoms with van der Waals surface area (Å²) in [5, 5.41) is 2.82. The van der Waals surface area contributed by atoms with Crippen LogP contribution >= 0.6 is 0 Å². The molecule has 0 atom stereocenters. The minimum atomic E-state index is -0.491. The van der Waals surface area contributed by atoms with Gasteiger partial charge >= 0.3 is 5.69 Å². The molecule has 0 saturated heterocycles. The summed E-state index contributed by atoms with van der Waals surface area (Å²) in [5.74, 6) is 1.14. The van der Waals surface area contributed by atoms with Gasteiger partial charge in [0, 0.05) is 20.6 Å². The predicted molar refractivity (Wildman–Crippen MR) is 106 cm³/mol. The third kappa shape index (κ3) is 3.86. The number of carbonyl (C=O) groups is 1. The Morgan fingerprint density at radius 3 is 2.59 bits per heavy atom. The summed E-state index contributed by atoms with van der Waals surface area (Å²) in [6.07, 6.45) is 1.93. The van der Waals surface area contributed by atoms with Crippen molar-refractivity contribution in [3.63, 3.8) is 0 Å². The molecule has 10 heteroatoms. The van der Waals surface area contributed by atoms with E-state index in [4.69, 9.17) is 9.47 Å². The number of imidazole rings is 1. The van der Waals surface area contributed by atoms with Gasteiger partial charge in [-0.1, -0.05) is 0 Å². The second-order valence-corrected chi connectivity index (χ2v) is 6.53. The minimum Gasteiger partial charge on any atom is -0.497 e. The first-order valence-electron chi connectivity index (χ1n) is 8.95. The Kier molecular flexibility index (Phi) is 5.71. The SMILES string of the molecule is COc1ccc(OC)c(CCNC(=O)Cn2cnc3c2c(=O)n(C)c(=O)n3C)c1. The molecule has 0 unspecified atom stereocenters. The van der Waals surface area contributed by atoms with Gasteiger partial charge in [0.2, 0.25) is 5.91 Å². The van der Waals surface area contributed by atoms with Gasteiger partial charge in [-0.2, -0.15) is 0 Å². The van der Waals surface area contributed by atoms with Crippen molar-refractivity contribution in [3.05, 3.63) is 50.9 Å². The number of amides is 1. The summed E-state index contributed by atoms with van der Waals surface area (Å²) >= 11 is 0. The first-order chi connectivity index (χ1) is 13.9. The standard InChI is InChI=1S/C19H23N5O5/c1-22-17-16(18(26)23(2)19(22)27)24(11-21-17)10-15(25)20-8-7-12-9-13(28-3)5-6-14(12)29-4/h5-6,9,11H,7-8,10H2,1-4H3,(H,20,25). The number of nitrogens with one attached hydrogen (secondary N) is 1. The zero-order chi connectivity index (χ0) is 21.1. The highest BCUT2D eigenvalue weighted by molar-refractivity contribution is 5.78. The lowest BCUT2D eigenvalue weighted by Gasteiger charge is -2.11.